The molecular formula is C19H23N5O2. The average molecular weight is 353 g/mol. The summed E-state index contributed by atoms with van der Waals surface area (Å²) >= 11 is 0. The maximum absolute atomic E-state index is 12.9. The number of aromatic nitrogens is 3. The van der Waals surface area contributed by atoms with Gasteiger partial charge in [0, 0.05) is 26.7 Å². The van der Waals surface area contributed by atoms with Gasteiger partial charge >= 0.3 is 0 Å². The highest BCUT2D eigenvalue weighted by Crippen LogP contribution is 2.20. The lowest BCUT2D eigenvalue weighted by Crippen LogP contribution is -2.33. The molecule has 0 radical (unpaired) electrons. The molecule has 3 aromatic rings. The van der Waals surface area contributed by atoms with Crippen LogP contribution in [0.25, 0.3) is 10.8 Å². The van der Waals surface area contributed by atoms with Crippen molar-refractivity contribution in [2.45, 2.75) is 13.1 Å². The van der Waals surface area contributed by atoms with Crippen LogP contribution in [0.1, 0.15) is 16.1 Å². The summed E-state index contributed by atoms with van der Waals surface area (Å²) in [6, 6.07) is 14.3. The number of carbonyl (C=O) groups is 1. The van der Waals surface area contributed by atoms with E-state index in [-0.39, 0.29) is 5.91 Å². The van der Waals surface area contributed by atoms with Crippen LogP contribution in [0.3, 0.4) is 0 Å². The molecule has 7 heteroatoms. The molecule has 1 aromatic heterocycles. The van der Waals surface area contributed by atoms with Crippen molar-refractivity contribution in [1.29, 1.82) is 0 Å². The number of carbonyl (C=O) groups excluding carboxylic acids is 1. The third kappa shape index (κ3) is 4.07. The number of methoxy groups -OCH3 is 1. The Labute approximate surface area is 152 Å². The molecule has 0 saturated heterocycles. The third-order valence-corrected chi connectivity index (χ3v) is 4.21. The molecular weight excluding hydrogens is 330 g/mol. The van der Waals surface area contributed by atoms with E-state index in [1.54, 1.807) is 22.9 Å². The van der Waals surface area contributed by atoms with Crippen LogP contribution in [0.2, 0.25) is 0 Å². The standard InChI is InChI=1S/C19H23N5O2/c1-26-12-11-23(19(25)18-14-24(10-9-20)22-21-18)13-16-7-4-6-15-5-2-3-8-17(15)16/h2-8,14H,9-13,20H2,1H3. The molecule has 1 amide bonds. The minimum absolute atomic E-state index is 0.168. The van der Waals surface area contributed by atoms with Gasteiger partial charge in [-0.1, -0.05) is 47.7 Å². The molecule has 26 heavy (non-hydrogen) atoms. The van der Waals surface area contributed by atoms with Gasteiger partial charge in [-0.15, -0.1) is 5.10 Å². The van der Waals surface area contributed by atoms with Crippen molar-refractivity contribution in [3.63, 3.8) is 0 Å². The summed E-state index contributed by atoms with van der Waals surface area (Å²) in [5.41, 5.74) is 6.93. The summed E-state index contributed by atoms with van der Waals surface area (Å²) in [6.07, 6.45) is 1.64. The van der Waals surface area contributed by atoms with Crippen LogP contribution in [-0.4, -0.2) is 52.6 Å². The first-order valence-corrected chi connectivity index (χ1v) is 8.58. The Bertz CT molecular complexity index is 872. The largest absolute Gasteiger partial charge is 0.383 e. The zero-order valence-corrected chi connectivity index (χ0v) is 14.8. The Kier molecular flexibility index (Phi) is 5.93. The highest BCUT2D eigenvalue weighted by atomic mass is 16.5. The lowest BCUT2D eigenvalue weighted by Gasteiger charge is -2.22. The second-order valence-corrected chi connectivity index (χ2v) is 6.01. The Morgan fingerprint density at radius 3 is 2.85 bits per heavy atom. The number of ether oxygens (including phenoxy) is 1. The molecule has 0 saturated carbocycles. The fourth-order valence-electron chi connectivity index (χ4n) is 2.89. The normalized spacial score (nSPS) is 11.0. The van der Waals surface area contributed by atoms with Crippen LogP contribution in [-0.2, 0) is 17.8 Å². The van der Waals surface area contributed by atoms with Gasteiger partial charge in [0.15, 0.2) is 5.69 Å². The van der Waals surface area contributed by atoms with Crippen LogP contribution in [0.4, 0.5) is 0 Å². The molecule has 0 aliphatic heterocycles. The van der Waals surface area contributed by atoms with E-state index in [9.17, 15) is 4.79 Å². The number of benzene rings is 2. The molecule has 2 N–H and O–H groups in total. The molecule has 0 aliphatic carbocycles. The number of hydrogen-bond acceptors (Lipinski definition) is 5. The Balaban J connectivity index is 1.86. The predicted molar refractivity (Wildman–Crippen MR) is 99.6 cm³/mol. The van der Waals surface area contributed by atoms with E-state index in [0.29, 0.717) is 38.5 Å². The number of hydrogen-bond donors (Lipinski definition) is 1. The van der Waals surface area contributed by atoms with Crippen LogP contribution >= 0.6 is 0 Å². The molecule has 0 aliphatic rings. The Morgan fingerprint density at radius 2 is 2.04 bits per heavy atom. The van der Waals surface area contributed by atoms with E-state index in [2.05, 4.69) is 28.5 Å². The predicted octanol–water partition coefficient (Wildman–Crippen LogP) is 1.68. The highest BCUT2D eigenvalue weighted by molar-refractivity contribution is 5.92. The fraction of sp³-hybridized carbons (Fsp3) is 0.316. The highest BCUT2D eigenvalue weighted by Gasteiger charge is 2.20. The van der Waals surface area contributed by atoms with Gasteiger partial charge in [-0.25, -0.2) is 0 Å². The van der Waals surface area contributed by atoms with Gasteiger partial charge in [-0.2, -0.15) is 0 Å². The van der Waals surface area contributed by atoms with Crippen molar-refractivity contribution >= 4 is 16.7 Å². The number of nitrogens with two attached hydrogens (primary N) is 1. The first-order chi connectivity index (χ1) is 12.7. The molecule has 1 heterocycles. The van der Waals surface area contributed by atoms with E-state index >= 15 is 0 Å². The second kappa shape index (κ2) is 8.55. The van der Waals surface area contributed by atoms with Gasteiger partial charge in [0.25, 0.3) is 5.91 Å². The summed E-state index contributed by atoms with van der Waals surface area (Å²) in [5.74, 6) is -0.168. The van der Waals surface area contributed by atoms with E-state index < -0.39 is 0 Å². The first-order valence-electron chi connectivity index (χ1n) is 8.58. The van der Waals surface area contributed by atoms with Crippen molar-refractivity contribution < 1.29 is 9.53 Å². The molecule has 3 rings (SSSR count). The lowest BCUT2D eigenvalue weighted by molar-refractivity contribution is 0.0675. The summed E-state index contributed by atoms with van der Waals surface area (Å²) in [5, 5.41) is 10.2. The zero-order chi connectivity index (χ0) is 18.4. The van der Waals surface area contributed by atoms with Crippen LogP contribution in [0.5, 0.6) is 0 Å². The van der Waals surface area contributed by atoms with E-state index in [1.807, 2.05) is 24.3 Å². The van der Waals surface area contributed by atoms with E-state index in [4.69, 9.17) is 10.5 Å². The molecule has 0 bridgehead atoms. The summed E-state index contributed by atoms with van der Waals surface area (Å²) < 4.78 is 6.76. The molecule has 2 aromatic carbocycles. The van der Waals surface area contributed by atoms with Crippen molar-refractivity contribution in [2.24, 2.45) is 5.73 Å². The summed E-state index contributed by atoms with van der Waals surface area (Å²) in [7, 11) is 1.62. The Morgan fingerprint density at radius 1 is 1.23 bits per heavy atom. The van der Waals surface area contributed by atoms with Crippen molar-refractivity contribution in [3.8, 4) is 0 Å². The molecule has 0 atom stereocenters. The summed E-state index contributed by atoms with van der Waals surface area (Å²) in [4.78, 5) is 14.7. The van der Waals surface area contributed by atoms with Crippen LogP contribution in [0, 0.1) is 0 Å². The fourth-order valence-corrected chi connectivity index (χ4v) is 2.89. The molecule has 0 spiro atoms. The number of amides is 1. The van der Waals surface area contributed by atoms with Gasteiger partial charge in [0.2, 0.25) is 0 Å². The van der Waals surface area contributed by atoms with Crippen molar-refractivity contribution in [2.75, 3.05) is 26.8 Å². The number of nitrogens with zero attached hydrogens (tertiary/aromatic N) is 4. The van der Waals surface area contributed by atoms with Gasteiger partial charge in [-0.3, -0.25) is 9.48 Å². The Hall–Kier alpha value is -2.77. The smallest absolute Gasteiger partial charge is 0.276 e. The van der Waals surface area contributed by atoms with Gasteiger partial charge in [-0.05, 0) is 16.3 Å². The van der Waals surface area contributed by atoms with Gasteiger partial charge < -0.3 is 15.4 Å². The topological polar surface area (TPSA) is 86.3 Å². The van der Waals surface area contributed by atoms with Crippen molar-refractivity contribution in [1.82, 2.24) is 19.9 Å². The van der Waals surface area contributed by atoms with Gasteiger partial charge in [0.1, 0.15) is 0 Å². The molecule has 0 fully saturated rings. The van der Waals surface area contributed by atoms with Crippen LogP contribution < -0.4 is 5.73 Å². The second-order valence-electron chi connectivity index (χ2n) is 6.01. The molecule has 7 nitrogen and oxygen atoms in total. The lowest BCUT2D eigenvalue weighted by atomic mass is 10.0. The average Bonchev–Trinajstić information content (AvgIpc) is 3.13. The molecule has 136 valence electrons. The maximum Gasteiger partial charge on any atom is 0.276 e. The van der Waals surface area contributed by atoms with Crippen LogP contribution in [0.15, 0.2) is 48.7 Å². The van der Waals surface area contributed by atoms with E-state index in [1.165, 1.54) is 0 Å². The van der Waals surface area contributed by atoms with Crippen molar-refractivity contribution in [3.05, 3.63) is 59.9 Å². The monoisotopic (exact) mass is 353 g/mol. The minimum atomic E-state index is -0.168. The first kappa shape index (κ1) is 18.0. The summed E-state index contributed by atoms with van der Waals surface area (Å²) in [6.45, 7) is 2.38. The molecule has 0 unspecified atom stereocenters. The number of rotatable bonds is 8. The zero-order valence-electron chi connectivity index (χ0n) is 14.8. The maximum atomic E-state index is 12.9. The number of fused-ring (bicyclic) bond motifs is 1. The van der Waals surface area contributed by atoms with E-state index in [0.717, 1.165) is 16.3 Å². The third-order valence-electron chi connectivity index (χ3n) is 4.21. The SMILES string of the molecule is COCCN(Cc1cccc2ccccc12)C(=O)c1cn(CCN)nn1. The quantitative estimate of drug-likeness (QED) is 0.666. The van der Waals surface area contributed by atoms with Gasteiger partial charge in [0.05, 0.1) is 19.3 Å². The minimum Gasteiger partial charge on any atom is -0.383 e.